The van der Waals surface area contributed by atoms with Crippen LogP contribution >= 0.6 is 0 Å². The van der Waals surface area contributed by atoms with Gasteiger partial charge in [0, 0.05) is 5.92 Å². The number of hydrogen-bond donors (Lipinski definition) is 2. The molecule has 1 aromatic heterocycles. The summed E-state index contributed by atoms with van der Waals surface area (Å²) in [6.07, 6.45) is 4.73. The van der Waals surface area contributed by atoms with Gasteiger partial charge >= 0.3 is 0 Å². The van der Waals surface area contributed by atoms with Gasteiger partial charge in [-0.2, -0.15) is 0 Å². The van der Waals surface area contributed by atoms with Gasteiger partial charge in [-0.3, -0.25) is 4.79 Å². The molecule has 5 nitrogen and oxygen atoms in total. The molecule has 5 heteroatoms. The van der Waals surface area contributed by atoms with Crippen LogP contribution in [0.4, 0.5) is 5.69 Å². The first-order valence-corrected chi connectivity index (χ1v) is 4.77. The van der Waals surface area contributed by atoms with Gasteiger partial charge in [0.1, 0.15) is 12.0 Å². The third-order valence-electron chi connectivity index (χ3n) is 2.41. The first-order valence-electron chi connectivity index (χ1n) is 4.77. The van der Waals surface area contributed by atoms with Crippen LogP contribution in [0.25, 0.3) is 0 Å². The summed E-state index contributed by atoms with van der Waals surface area (Å²) in [7, 11) is 0. The normalized spacial score (nSPS) is 18.0. The lowest BCUT2D eigenvalue weighted by Gasteiger charge is -2.21. The second-order valence-corrected chi connectivity index (χ2v) is 3.43. The number of nitrogens with zero attached hydrogens (tertiary/aromatic N) is 1. The van der Waals surface area contributed by atoms with Crippen LogP contribution in [0, 0.1) is 5.92 Å². The highest BCUT2D eigenvalue weighted by Crippen LogP contribution is 2.14. The lowest BCUT2D eigenvalue weighted by atomic mass is 9.97. The molecular weight excluding hydrogens is 182 g/mol. The number of rotatable bonds is 2. The quantitative estimate of drug-likeness (QED) is 0.725. The first-order chi connectivity index (χ1) is 6.86. The standard InChI is InChI=1S/C9H13N3O2/c13-9(7-1-3-10-4-2-7)12-8-5-11-14-6-8/h5-7,10H,1-4H2,(H,12,13). The lowest BCUT2D eigenvalue weighted by Crippen LogP contribution is -2.34. The number of carbonyl (C=O) groups is 1. The van der Waals surface area contributed by atoms with Crippen LogP contribution in [0.2, 0.25) is 0 Å². The highest BCUT2D eigenvalue weighted by molar-refractivity contribution is 5.92. The van der Waals surface area contributed by atoms with Crippen LogP contribution in [0.15, 0.2) is 17.0 Å². The number of piperidine rings is 1. The number of hydrogen-bond acceptors (Lipinski definition) is 4. The Hall–Kier alpha value is -1.36. The average Bonchev–Trinajstić information content (AvgIpc) is 2.72. The molecule has 2 N–H and O–H groups in total. The predicted octanol–water partition coefficient (Wildman–Crippen LogP) is 0.613. The highest BCUT2D eigenvalue weighted by Gasteiger charge is 2.20. The van der Waals surface area contributed by atoms with E-state index in [1.807, 2.05) is 0 Å². The fourth-order valence-electron chi connectivity index (χ4n) is 1.60. The Morgan fingerprint density at radius 1 is 1.57 bits per heavy atom. The van der Waals surface area contributed by atoms with Gasteiger partial charge in [0.05, 0.1) is 6.20 Å². The Morgan fingerprint density at radius 3 is 3.00 bits per heavy atom. The molecule has 0 saturated carbocycles. The SMILES string of the molecule is O=C(Nc1cnoc1)C1CCNCC1. The molecule has 1 saturated heterocycles. The maximum absolute atomic E-state index is 11.7. The fraction of sp³-hybridized carbons (Fsp3) is 0.556. The van der Waals surface area contributed by atoms with Crippen molar-refractivity contribution in [3.63, 3.8) is 0 Å². The van der Waals surface area contributed by atoms with Crippen LogP contribution in [0.5, 0.6) is 0 Å². The molecule has 1 fully saturated rings. The van der Waals surface area contributed by atoms with E-state index >= 15 is 0 Å². The van der Waals surface area contributed by atoms with Crippen LogP contribution < -0.4 is 10.6 Å². The summed E-state index contributed by atoms with van der Waals surface area (Å²) < 4.78 is 4.63. The van der Waals surface area contributed by atoms with Gasteiger partial charge in [0.25, 0.3) is 0 Å². The molecule has 0 aliphatic carbocycles. The summed E-state index contributed by atoms with van der Waals surface area (Å²) in [5.74, 6) is 0.181. The van der Waals surface area contributed by atoms with Crippen LogP contribution in [0.3, 0.4) is 0 Å². The Bertz CT molecular complexity index is 291. The average molecular weight is 195 g/mol. The Balaban J connectivity index is 1.88. The maximum Gasteiger partial charge on any atom is 0.227 e. The van der Waals surface area contributed by atoms with E-state index in [1.165, 1.54) is 12.5 Å². The van der Waals surface area contributed by atoms with Crippen molar-refractivity contribution in [3.05, 3.63) is 12.5 Å². The second-order valence-electron chi connectivity index (χ2n) is 3.43. The van der Waals surface area contributed by atoms with E-state index in [2.05, 4.69) is 20.3 Å². The smallest absolute Gasteiger partial charge is 0.227 e. The summed E-state index contributed by atoms with van der Waals surface area (Å²) in [5, 5.41) is 9.50. The number of nitrogens with one attached hydrogen (secondary N) is 2. The molecule has 0 spiro atoms. The Labute approximate surface area is 81.8 Å². The van der Waals surface area contributed by atoms with Crippen molar-refractivity contribution in [2.75, 3.05) is 18.4 Å². The summed E-state index contributed by atoms with van der Waals surface area (Å²) >= 11 is 0. The molecule has 0 bridgehead atoms. The Morgan fingerprint density at radius 2 is 2.36 bits per heavy atom. The van der Waals surface area contributed by atoms with Gasteiger partial charge in [0.2, 0.25) is 5.91 Å². The van der Waals surface area contributed by atoms with E-state index in [9.17, 15) is 4.79 Å². The minimum absolute atomic E-state index is 0.0645. The Kier molecular flexibility index (Phi) is 2.78. The molecule has 2 heterocycles. The maximum atomic E-state index is 11.7. The van der Waals surface area contributed by atoms with Crippen molar-refractivity contribution in [3.8, 4) is 0 Å². The van der Waals surface area contributed by atoms with E-state index in [-0.39, 0.29) is 11.8 Å². The van der Waals surface area contributed by atoms with Gasteiger partial charge in [-0.05, 0) is 25.9 Å². The van der Waals surface area contributed by atoms with Crippen LogP contribution in [-0.4, -0.2) is 24.2 Å². The van der Waals surface area contributed by atoms with E-state index in [4.69, 9.17) is 0 Å². The molecule has 1 aliphatic heterocycles. The third kappa shape index (κ3) is 2.11. The molecular formula is C9H13N3O2. The van der Waals surface area contributed by atoms with Gasteiger partial charge in [-0.15, -0.1) is 0 Å². The van der Waals surface area contributed by atoms with E-state index in [1.54, 1.807) is 0 Å². The lowest BCUT2D eigenvalue weighted by molar-refractivity contribution is -0.120. The second kappa shape index (κ2) is 4.23. The number of carbonyl (C=O) groups excluding carboxylic acids is 1. The first kappa shape index (κ1) is 9.21. The number of anilines is 1. The van der Waals surface area contributed by atoms with E-state index in [0.717, 1.165) is 25.9 Å². The summed E-state index contributed by atoms with van der Waals surface area (Å²) in [5.41, 5.74) is 0.633. The number of amides is 1. The monoisotopic (exact) mass is 195 g/mol. The highest BCUT2D eigenvalue weighted by atomic mass is 16.5. The van der Waals surface area contributed by atoms with Crippen molar-refractivity contribution in [1.29, 1.82) is 0 Å². The molecule has 1 aromatic rings. The molecule has 0 unspecified atom stereocenters. The van der Waals surface area contributed by atoms with Crippen molar-refractivity contribution in [1.82, 2.24) is 10.5 Å². The number of aromatic nitrogens is 1. The van der Waals surface area contributed by atoms with E-state index < -0.39 is 0 Å². The van der Waals surface area contributed by atoms with Crippen LogP contribution in [0.1, 0.15) is 12.8 Å². The van der Waals surface area contributed by atoms with Crippen molar-refractivity contribution in [2.45, 2.75) is 12.8 Å². The van der Waals surface area contributed by atoms with Crippen molar-refractivity contribution < 1.29 is 9.32 Å². The summed E-state index contributed by atoms with van der Waals surface area (Å²) in [6.45, 7) is 1.84. The molecule has 1 amide bonds. The molecule has 2 rings (SSSR count). The van der Waals surface area contributed by atoms with Crippen molar-refractivity contribution >= 4 is 11.6 Å². The van der Waals surface area contributed by atoms with Gasteiger partial charge in [-0.25, -0.2) is 0 Å². The predicted molar refractivity (Wildman–Crippen MR) is 50.7 cm³/mol. The molecule has 0 radical (unpaired) electrons. The summed E-state index contributed by atoms with van der Waals surface area (Å²) in [4.78, 5) is 11.7. The van der Waals surface area contributed by atoms with Crippen molar-refractivity contribution in [2.24, 2.45) is 5.92 Å². The molecule has 0 atom stereocenters. The zero-order valence-electron chi connectivity index (χ0n) is 7.82. The zero-order valence-corrected chi connectivity index (χ0v) is 7.82. The van der Waals surface area contributed by atoms with Gasteiger partial charge in [0.15, 0.2) is 0 Å². The third-order valence-corrected chi connectivity index (χ3v) is 2.41. The topological polar surface area (TPSA) is 67.2 Å². The molecule has 14 heavy (non-hydrogen) atoms. The van der Waals surface area contributed by atoms with Gasteiger partial charge in [-0.1, -0.05) is 5.16 Å². The fourth-order valence-corrected chi connectivity index (χ4v) is 1.60. The molecule has 76 valence electrons. The molecule has 1 aliphatic rings. The molecule has 0 aromatic carbocycles. The largest absolute Gasteiger partial charge is 0.363 e. The van der Waals surface area contributed by atoms with Crippen LogP contribution in [-0.2, 0) is 4.79 Å². The minimum atomic E-state index is 0.0645. The van der Waals surface area contributed by atoms with E-state index in [0.29, 0.717) is 5.69 Å². The zero-order chi connectivity index (χ0) is 9.80. The summed E-state index contributed by atoms with van der Waals surface area (Å²) in [6, 6.07) is 0. The van der Waals surface area contributed by atoms with Gasteiger partial charge < -0.3 is 15.2 Å². The minimum Gasteiger partial charge on any atom is -0.363 e.